The summed E-state index contributed by atoms with van der Waals surface area (Å²) in [5, 5.41) is 7.02. The molecular weight excluding hydrogens is 451 g/mol. The van der Waals surface area contributed by atoms with Gasteiger partial charge in [0, 0.05) is 22.5 Å². The van der Waals surface area contributed by atoms with Crippen molar-refractivity contribution in [2.45, 2.75) is 25.9 Å². The van der Waals surface area contributed by atoms with E-state index in [0.717, 1.165) is 41.5 Å². The molecule has 4 rings (SSSR count). The second kappa shape index (κ2) is 9.49. The van der Waals surface area contributed by atoms with Crippen molar-refractivity contribution in [1.82, 2.24) is 20.4 Å². The molecule has 1 aliphatic heterocycles. The van der Waals surface area contributed by atoms with Gasteiger partial charge in [-0.2, -0.15) is 4.98 Å². The first-order valence-electron chi connectivity index (χ1n) is 9.90. The van der Waals surface area contributed by atoms with Crippen molar-refractivity contribution < 1.29 is 13.7 Å². The Morgan fingerprint density at radius 1 is 1.13 bits per heavy atom. The van der Waals surface area contributed by atoms with Gasteiger partial charge in [0.05, 0.1) is 6.54 Å². The maximum absolute atomic E-state index is 13.0. The zero-order valence-corrected chi connectivity index (χ0v) is 17.9. The third kappa shape index (κ3) is 5.31. The Morgan fingerprint density at radius 3 is 2.53 bits per heavy atom. The molecule has 156 valence electrons. The maximum Gasteiger partial charge on any atom is 0.241 e. The van der Waals surface area contributed by atoms with Crippen LogP contribution < -0.4 is 5.32 Å². The number of rotatable bonds is 6. The van der Waals surface area contributed by atoms with Crippen LogP contribution in [0.1, 0.15) is 24.3 Å². The number of piperidine rings is 1. The predicted molar refractivity (Wildman–Crippen MR) is 114 cm³/mol. The molecule has 0 spiro atoms. The molecule has 0 bridgehead atoms. The van der Waals surface area contributed by atoms with Crippen LogP contribution in [0.4, 0.5) is 4.39 Å². The lowest BCUT2D eigenvalue weighted by Gasteiger charge is -2.30. The lowest BCUT2D eigenvalue weighted by Crippen LogP contribution is -2.40. The molecule has 2 aromatic carbocycles. The van der Waals surface area contributed by atoms with E-state index in [1.807, 2.05) is 24.3 Å². The average molecular weight is 473 g/mol. The van der Waals surface area contributed by atoms with Gasteiger partial charge in [-0.25, -0.2) is 4.39 Å². The molecule has 0 atom stereocenters. The second-order valence-electron chi connectivity index (χ2n) is 7.41. The summed E-state index contributed by atoms with van der Waals surface area (Å²) >= 11 is 3.41. The number of hydrogen-bond donors (Lipinski definition) is 1. The molecule has 1 aliphatic rings. The quantitative estimate of drug-likeness (QED) is 0.582. The van der Waals surface area contributed by atoms with E-state index in [2.05, 4.69) is 36.3 Å². The Hall–Kier alpha value is -2.58. The number of aromatic nitrogens is 2. The lowest BCUT2D eigenvalue weighted by atomic mass is 9.96. The first kappa shape index (κ1) is 20.7. The van der Waals surface area contributed by atoms with Crippen LogP contribution in [-0.4, -0.2) is 34.0 Å². The third-order valence-corrected chi connectivity index (χ3v) is 5.80. The Balaban J connectivity index is 1.24. The number of carbonyl (C=O) groups is 1. The average Bonchev–Trinajstić information content (AvgIpc) is 3.22. The molecule has 0 aliphatic carbocycles. The van der Waals surface area contributed by atoms with Gasteiger partial charge in [-0.1, -0.05) is 33.2 Å². The van der Waals surface area contributed by atoms with Crippen LogP contribution in [0.3, 0.4) is 0 Å². The highest BCUT2D eigenvalue weighted by Gasteiger charge is 2.25. The first-order chi connectivity index (χ1) is 14.6. The van der Waals surface area contributed by atoms with Crippen LogP contribution >= 0.6 is 15.9 Å². The molecule has 1 fully saturated rings. The fraction of sp³-hybridized carbons (Fsp3) is 0.318. The van der Waals surface area contributed by atoms with Crippen LogP contribution in [-0.2, 0) is 17.9 Å². The maximum atomic E-state index is 13.0. The van der Waals surface area contributed by atoms with Crippen LogP contribution in [0.15, 0.2) is 57.5 Å². The van der Waals surface area contributed by atoms with Gasteiger partial charge in [0.15, 0.2) is 0 Å². The number of benzene rings is 2. The zero-order chi connectivity index (χ0) is 20.9. The van der Waals surface area contributed by atoms with E-state index in [1.165, 1.54) is 12.1 Å². The topological polar surface area (TPSA) is 71.3 Å². The van der Waals surface area contributed by atoms with E-state index in [1.54, 1.807) is 12.1 Å². The van der Waals surface area contributed by atoms with E-state index < -0.39 is 0 Å². The molecule has 0 saturated carbocycles. The molecule has 1 saturated heterocycles. The number of nitrogens with zero attached hydrogens (tertiary/aromatic N) is 3. The lowest BCUT2D eigenvalue weighted by molar-refractivity contribution is -0.126. The zero-order valence-electron chi connectivity index (χ0n) is 16.4. The van der Waals surface area contributed by atoms with Crippen molar-refractivity contribution in [3.63, 3.8) is 0 Å². The molecule has 3 aromatic rings. The normalized spacial score (nSPS) is 15.3. The van der Waals surface area contributed by atoms with Crippen LogP contribution in [0.5, 0.6) is 0 Å². The van der Waals surface area contributed by atoms with Gasteiger partial charge in [0.25, 0.3) is 0 Å². The Kier molecular flexibility index (Phi) is 6.54. The van der Waals surface area contributed by atoms with Gasteiger partial charge >= 0.3 is 0 Å². The van der Waals surface area contributed by atoms with E-state index in [0.29, 0.717) is 24.8 Å². The van der Waals surface area contributed by atoms with Crippen molar-refractivity contribution in [2.24, 2.45) is 5.92 Å². The highest BCUT2D eigenvalue weighted by molar-refractivity contribution is 9.10. The highest BCUT2D eigenvalue weighted by Crippen LogP contribution is 2.22. The highest BCUT2D eigenvalue weighted by atomic mass is 79.9. The summed E-state index contributed by atoms with van der Waals surface area (Å²) in [6, 6.07) is 13.9. The fourth-order valence-electron chi connectivity index (χ4n) is 3.52. The molecule has 6 nitrogen and oxygen atoms in total. The number of hydrogen-bond acceptors (Lipinski definition) is 5. The molecule has 2 heterocycles. The largest absolute Gasteiger partial charge is 0.352 e. The van der Waals surface area contributed by atoms with E-state index in [-0.39, 0.29) is 17.6 Å². The van der Waals surface area contributed by atoms with Gasteiger partial charge in [-0.3, -0.25) is 9.69 Å². The molecule has 30 heavy (non-hydrogen) atoms. The van der Waals surface area contributed by atoms with Gasteiger partial charge in [-0.05, 0) is 67.9 Å². The number of amides is 1. The van der Waals surface area contributed by atoms with Gasteiger partial charge < -0.3 is 9.84 Å². The third-order valence-electron chi connectivity index (χ3n) is 5.27. The summed E-state index contributed by atoms with van der Waals surface area (Å²) in [6.45, 7) is 2.59. The molecule has 1 amide bonds. The molecule has 1 N–H and O–H groups in total. The smallest absolute Gasteiger partial charge is 0.241 e. The predicted octanol–water partition coefficient (Wildman–Crippen LogP) is 4.17. The minimum absolute atomic E-state index is 0.0114. The summed E-state index contributed by atoms with van der Waals surface area (Å²) in [5.74, 6) is 0.916. The summed E-state index contributed by atoms with van der Waals surface area (Å²) in [5.41, 5.74) is 1.80. The van der Waals surface area contributed by atoms with Crippen LogP contribution in [0.25, 0.3) is 11.4 Å². The van der Waals surface area contributed by atoms with Crippen LogP contribution in [0, 0.1) is 11.7 Å². The number of nitrogens with one attached hydrogen (secondary N) is 1. The molecule has 8 heteroatoms. The SMILES string of the molecule is O=C(NCc1ccc(F)cc1)C1CCN(Cc2nc(-c3ccc(Br)cc3)no2)CC1. The van der Waals surface area contributed by atoms with Gasteiger partial charge in [0.2, 0.25) is 17.6 Å². The summed E-state index contributed by atoms with van der Waals surface area (Å²) in [4.78, 5) is 19.2. The Labute approximate surface area is 182 Å². The molecular formula is C22H22BrFN4O2. The van der Waals surface area contributed by atoms with Gasteiger partial charge in [-0.15, -0.1) is 0 Å². The van der Waals surface area contributed by atoms with Crippen molar-refractivity contribution in [1.29, 1.82) is 0 Å². The number of likely N-dealkylation sites (tertiary alicyclic amines) is 1. The standard InChI is InChI=1S/C22H22BrFN4O2/c23-18-5-3-16(4-6-18)21-26-20(30-27-21)14-28-11-9-17(10-12-28)22(29)25-13-15-1-7-19(24)8-2-15/h1-8,17H,9-14H2,(H,25,29). The molecule has 0 radical (unpaired) electrons. The van der Waals surface area contributed by atoms with Crippen molar-refractivity contribution in [3.05, 3.63) is 70.3 Å². The van der Waals surface area contributed by atoms with Crippen molar-refractivity contribution in [3.8, 4) is 11.4 Å². The summed E-state index contributed by atoms with van der Waals surface area (Å²) in [6.07, 6.45) is 1.56. The minimum Gasteiger partial charge on any atom is -0.352 e. The van der Waals surface area contributed by atoms with E-state index in [9.17, 15) is 9.18 Å². The van der Waals surface area contributed by atoms with Crippen molar-refractivity contribution in [2.75, 3.05) is 13.1 Å². The monoisotopic (exact) mass is 472 g/mol. The summed E-state index contributed by atoms with van der Waals surface area (Å²) < 4.78 is 19.4. The number of carbonyl (C=O) groups excluding carboxylic acids is 1. The molecule has 1 aromatic heterocycles. The second-order valence-corrected chi connectivity index (χ2v) is 8.33. The van der Waals surface area contributed by atoms with Gasteiger partial charge in [0.1, 0.15) is 5.82 Å². The van der Waals surface area contributed by atoms with E-state index >= 15 is 0 Å². The number of halogens is 2. The first-order valence-corrected chi connectivity index (χ1v) is 10.7. The Bertz CT molecular complexity index is 983. The van der Waals surface area contributed by atoms with E-state index in [4.69, 9.17) is 4.52 Å². The summed E-state index contributed by atoms with van der Waals surface area (Å²) in [7, 11) is 0. The fourth-order valence-corrected chi connectivity index (χ4v) is 3.78. The van der Waals surface area contributed by atoms with Crippen LogP contribution in [0.2, 0.25) is 0 Å². The van der Waals surface area contributed by atoms with Crippen molar-refractivity contribution >= 4 is 21.8 Å². The Morgan fingerprint density at radius 2 is 1.83 bits per heavy atom. The minimum atomic E-state index is -0.275. The molecule has 0 unspecified atom stereocenters.